The van der Waals surface area contributed by atoms with Gasteiger partial charge in [-0.2, -0.15) is 0 Å². The Morgan fingerprint density at radius 1 is 0.750 bits per heavy atom. The molecule has 40 heavy (non-hydrogen) atoms. The number of hydrogen-bond donors (Lipinski definition) is 1. The molecule has 5 rings (SSSR count). The number of nitrogens with one attached hydrogen (secondary N) is 1. The zero-order chi connectivity index (χ0) is 28.4. The van der Waals surface area contributed by atoms with Crippen LogP contribution in [-0.2, 0) is 4.79 Å². The molecule has 1 aliphatic rings. The smallest absolute Gasteiger partial charge is 0.248 e. The number of benzene rings is 3. The molecule has 1 aliphatic heterocycles. The van der Waals surface area contributed by atoms with E-state index in [1.807, 2.05) is 17.0 Å². The fourth-order valence-electron chi connectivity index (χ4n) is 4.37. The van der Waals surface area contributed by atoms with Gasteiger partial charge in [-0.1, -0.05) is 11.6 Å². The van der Waals surface area contributed by atoms with E-state index in [4.69, 9.17) is 16.0 Å². The lowest BCUT2D eigenvalue weighted by Gasteiger charge is -2.37. The molecule has 0 atom stereocenters. The normalized spacial score (nSPS) is 13.8. The van der Waals surface area contributed by atoms with Gasteiger partial charge in [-0.05, 0) is 66.7 Å². The van der Waals surface area contributed by atoms with Crippen LogP contribution in [0.15, 0.2) is 71.2 Å². The van der Waals surface area contributed by atoms with Crippen molar-refractivity contribution in [1.29, 1.82) is 0 Å². The predicted molar refractivity (Wildman–Crippen MR) is 144 cm³/mol. The van der Waals surface area contributed by atoms with Crippen molar-refractivity contribution in [2.45, 2.75) is 0 Å². The summed E-state index contributed by atoms with van der Waals surface area (Å²) in [6, 6.07) is 17.6. The molecule has 1 amide bonds. The van der Waals surface area contributed by atoms with Crippen molar-refractivity contribution in [2.24, 2.45) is 0 Å². The molecule has 0 radical (unpaired) electrons. The van der Waals surface area contributed by atoms with Gasteiger partial charge in [0.25, 0.3) is 0 Å². The monoisotopic (exact) mass is 573 g/mol. The molecule has 1 saturated heterocycles. The fourth-order valence-corrected chi connectivity index (χ4v) is 4.49. The van der Waals surface area contributed by atoms with Crippen LogP contribution < -0.4 is 15.1 Å². The highest BCUT2D eigenvalue weighted by Gasteiger charge is 2.30. The molecule has 5 nitrogen and oxygen atoms in total. The standard InChI is InChI=1S/C29H21ClF5N3O2/c30-18-3-1-17(2-4-18)22-11-9-21(40-22)10-12-23(39)36-19-5-7-20(8-6-19)37-13-15-38(16-14-37)29-27(34)25(32)24(31)26(33)28(29)35/h1-12H,13-16H2,(H,36,39). The van der Waals surface area contributed by atoms with E-state index in [1.165, 1.54) is 6.08 Å². The Labute approximate surface area is 231 Å². The molecule has 206 valence electrons. The number of hydrogen-bond acceptors (Lipinski definition) is 4. The fraction of sp³-hybridized carbons (Fsp3) is 0.138. The summed E-state index contributed by atoms with van der Waals surface area (Å²) < 4.78 is 74.6. The van der Waals surface area contributed by atoms with Crippen molar-refractivity contribution in [3.05, 3.63) is 107 Å². The molecular weight excluding hydrogens is 553 g/mol. The van der Waals surface area contributed by atoms with E-state index >= 15 is 0 Å². The van der Waals surface area contributed by atoms with E-state index in [0.717, 1.165) is 16.2 Å². The van der Waals surface area contributed by atoms with Crippen LogP contribution in [0.25, 0.3) is 17.4 Å². The third-order valence-corrected chi connectivity index (χ3v) is 6.69. The Bertz CT molecular complexity index is 1540. The highest BCUT2D eigenvalue weighted by molar-refractivity contribution is 6.30. The Kier molecular flexibility index (Phi) is 7.79. The van der Waals surface area contributed by atoms with Crippen LogP contribution in [0, 0.1) is 29.1 Å². The van der Waals surface area contributed by atoms with Crippen molar-refractivity contribution in [3.63, 3.8) is 0 Å². The zero-order valence-electron chi connectivity index (χ0n) is 20.7. The summed E-state index contributed by atoms with van der Waals surface area (Å²) in [5, 5.41) is 3.37. The Morgan fingerprint density at radius 2 is 1.32 bits per heavy atom. The van der Waals surface area contributed by atoms with Crippen LogP contribution in [-0.4, -0.2) is 32.1 Å². The van der Waals surface area contributed by atoms with Crippen molar-refractivity contribution >= 4 is 40.6 Å². The van der Waals surface area contributed by atoms with Crippen LogP contribution in [0.5, 0.6) is 0 Å². The number of halogens is 6. The number of furan rings is 1. The third-order valence-electron chi connectivity index (χ3n) is 6.44. The molecule has 0 unspecified atom stereocenters. The quantitative estimate of drug-likeness (QED) is 0.114. The number of nitrogens with zero attached hydrogens (tertiary/aromatic N) is 2. The van der Waals surface area contributed by atoms with E-state index < -0.39 is 34.8 Å². The molecule has 11 heteroatoms. The van der Waals surface area contributed by atoms with Gasteiger partial charge in [0.2, 0.25) is 11.7 Å². The maximum Gasteiger partial charge on any atom is 0.248 e. The van der Waals surface area contributed by atoms with Crippen LogP contribution in [0.4, 0.5) is 39.0 Å². The van der Waals surface area contributed by atoms with Crippen molar-refractivity contribution in [2.75, 3.05) is 41.3 Å². The van der Waals surface area contributed by atoms with Crippen molar-refractivity contribution in [3.8, 4) is 11.3 Å². The number of carbonyl (C=O) groups is 1. The molecule has 0 saturated carbocycles. The van der Waals surface area contributed by atoms with Gasteiger partial charge in [-0.3, -0.25) is 4.79 Å². The van der Waals surface area contributed by atoms with Crippen molar-refractivity contribution in [1.82, 2.24) is 0 Å². The third kappa shape index (κ3) is 5.67. The summed E-state index contributed by atoms with van der Waals surface area (Å²) in [6.45, 7) is 0.673. The van der Waals surface area contributed by atoms with E-state index in [9.17, 15) is 26.7 Å². The first-order valence-corrected chi connectivity index (χ1v) is 12.6. The first-order chi connectivity index (χ1) is 19.2. The molecule has 0 aliphatic carbocycles. The number of carbonyl (C=O) groups excluding carboxylic acids is 1. The van der Waals surface area contributed by atoms with Gasteiger partial charge in [0.05, 0.1) is 0 Å². The van der Waals surface area contributed by atoms with Gasteiger partial charge < -0.3 is 19.5 Å². The Hall–Kier alpha value is -4.31. The van der Waals surface area contributed by atoms with E-state index in [2.05, 4.69) is 5.32 Å². The Balaban J connectivity index is 1.16. The second-order valence-electron chi connectivity index (χ2n) is 8.97. The van der Waals surface area contributed by atoms with Crippen LogP contribution in [0.3, 0.4) is 0 Å². The topological polar surface area (TPSA) is 48.7 Å². The first-order valence-electron chi connectivity index (χ1n) is 12.2. The number of amides is 1. The summed E-state index contributed by atoms with van der Waals surface area (Å²) >= 11 is 5.91. The van der Waals surface area contributed by atoms with Gasteiger partial charge in [-0.15, -0.1) is 0 Å². The minimum absolute atomic E-state index is 0.0497. The summed E-state index contributed by atoms with van der Waals surface area (Å²) in [5.41, 5.74) is 1.25. The van der Waals surface area contributed by atoms with Gasteiger partial charge >= 0.3 is 0 Å². The van der Waals surface area contributed by atoms with Gasteiger partial charge in [-0.25, -0.2) is 22.0 Å². The highest BCUT2D eigenvalue weighted by atomic mass is 35.5. The second-order valence-corrected chi connectivity index (χ2v) is 9.41. The molecule has 4 aromatic rings. The highest BCUT2D eigenvalue weighted by Crippen LogP contribution is 2.31. The summed E-state index contributed by atoms with van der Waals surface area (Å²) in [6.07, 6.45) is 2.89. The SMILES string of the molecule is O=C(C=Cc1ccc(-c2ccc(Cl)cc2)o1)Nc1ccc(N2CCN(c3c(F)c(F)c(F)c(F)c3F)CC2)cc1. The molecule has 0 bridgehead atoms. The number of anilines is 3. The average Bonchev–Trinajstić information content (AvgIpc) is 3.44. The van der Waals surface area contributed by atoms with E-state index in [0.29, 0.717) is 22.2 Å². The molecular formula is C29H21ClF5N3O2. The zero-order valence-corrected chi connectivity index (χ0v) is 21.5. The second kappa shape index (κ2) is 11.4. The summed E-state index contributed by atoms with van der Waals surface area (Å²) in [7, 11) is 0. The molecule has 0 spiro atoms. The molecule has 1 N–H and O–H groups in total. The van der Waals surface area contributed by atoms with E-state index in [1.54, 1.807) is 54.6 Å². The minimum Gasteiger partial charge on any atom is -0.457 e. The predicted octanol–water partition coefficient (Wildman–Crippen LogP) is 7.27. The first kappa shape index (κ1) is 27.3. The maximum atomic E-state index is 14.2. The lowest BCUT2D eigenvalue weighted by Crippen LogP contribution is -2.47. The van der Waals surface area contributed by atoms with Gasteiger partial charge in [0.15, 0.2) is 23.3 Å². The van der Waals surface area contributed by atoms with E-state index in [-0.39, 0.29) is 32.1 Å². The number of piperazine rings is 1. The molecule has 1 aromatic heterocycles. The van der Waals surface area contributed by atoms with Crippen molar-refractivity contribution < 1.29 is 31.2 Å². The molecule has 3 aromatic carbocycles. The molecule has 1 fully saturated rings. The van der Waals surface area contributed by atoms with Crippen LogP contribution in [0.2, 0.25) is 5.02 Å². The minimum atomic E-state index is -2.18. The Morgan fingerprint density at radius 3 is 1.95 bits per heavy atom. The average molecular weight is 574 g/mol. The van der Waals surface area contributed by atoms with Gasteiger partial charge in [0, 0.05) is 54.2 Å². The summed E-state index contributed by atoms with van der Waals surface area (Å²) in [4.78, 5) is 15.4. The molecule has 2 heterocycles. The van der Waals surface area contributed by atoms with Gasteiger partial charge in [0.1, 0.15) is 17.2 Å². The lowest BCUT2D eigenvalue weighted by atomic mass is 10.2. The summed E-state index contributed by atoms with van der Waals surface area (Å²) in [5.74, 6) is -9.01. The maximum absolute atomic E-state index is 14.2. The van der Waals surface area contributed by atoms with Crippen LogP contribution >= 0.6 is 11.6 Å². The van der Waals surface area contributed by atoms with Crippen LogP contribution in [0.1, 0.15) is 5.76 Å². The lowest BCUT2D eigenvalue weighted by molar-refractivity contribution is -0.111. The number of rotatable bonds is 6. The largest absolute Gasteiger partial charge is 0.457 e.